The van der Waals surface area contributed by atoms with Crippen molar-refractivity contribution < 1.29 is 9.66 Å². The average Bonchev–Trinajstić information content (AvgIpc) is 2.80. The quantitative estimate of drug-likeness (QED) is 0.202. The maximum Gasteiger partial charge on any atom is 0.269 e. The molecule has 0 atom stereocenters. The van der Waals surface area contributed by atoms with Gasteiger partial charge in [-0.15, -0.1) is 0 Å². The number of nitro groups is 1. The predicted molar refractivity (Wildman–Crippen MR) is 122 cm³/mol. The predicted octanol–water partition coefficient (Wildman–Crippen LogP) is 3.21. The average molecular weight is 446 g/mol. The zero-order chi connectivity index (χ0) is 21.9. The molecule has 2 aromatic carbocycles. The van der Waals surface area contributed by atoms with Gasteiger partial charge in [0.05, 0.1) is 24.7 Å². The van der Waals surface area contributed by atoms with Crippen molar-refractivity contribution in [2.75, 3.05) is 39.4 Å². The lowest BCUT2D eigenvalue weighted by atomic mass is 10.2. The first-order valence-electron chi connectivity index (χ1n) is 10.4. The maximum absolute atomic E-state index is 10.8. The van der Waals surface area contributed by atoms with Gasteiger partial charge in [0.2, 0.25) is 0 Å². The van der Waals surface area contributed by atoms with Crippen LogP contribution in [0.1, 0.15) is 17.5 Å². The molecule has 1 fully saturated rings. The van der Waals surface area contributed by atoms with E-state index in [0.717, 1.165) is 56.9 Å². The molecule has 2 aromatic rings. The van der Waals surface area contributed by atoms with Crippen LogP contribution in [-0.2, 0) is 17.8 Å². The molecule has 0 radical (unpaired) electrons. The van der Waals surface area contributed by atoms with Gasteiger partial charge in [0, 0.05) is 43.3 Å². The molecule has 166 valence electrons. The number of nitrogens with one attached hydrogen (secondary N) is 2. The van der Waals surface area contributed by atoms with Crippen LogP contribution in [-0.4, -0.2) is 55.2 Å². The molecular weight excluding hydrogens is 418 g/mol. The van der Waals surface area contributed by atoms with Crippen molar-refractivity contribution in [3.05, 3.63) is 74.8 Å². The third-order valence-electron chi connectivity index (χ3n) is 4.99. The summed E-state index contributed by atoms with van der Waals surface area (Å²) in [5.74, 6) is 0.704. The second-order valence-corrected chi connectivity index (χ2v) is 7.74. The Bertz CT molecular complexity index is 852. The molecule has 1 saturated heterocycles. The lowest BCUT2D eigenvalue weighted by molar-refractivity contribution is -0.384. The molecule has 0 aromatic heterocycles. The molecule has 3 rings (SSSR count). The van der Waals surface area contributed by atoms with Crippen LogP contribution in [0.25, 0.3) is 0 Å². The van der Waals surface area contributed by atoms with Crippen LogP contribution in [0.4, 0.5) is 5.69 Å². The molecule has 0 spiro atoms. The first kappa shape index (κ1) is 23.0. The van der Waals surface area contributed by atoms with Gasteiger partial charge < -0.3 is 15.4 Å². The number of nitrogens with zero attached hydrogens (tertiary/aromatic N) is 3. The molecule has 9 heteroatoms. The fourth-order valence-corrected chi connectivity index (χ4v) is 3.32. The van der Waals surface area contributed by atoms with Crippen LogP contribution in [0, 0.1) is 10.1 Å². The lowest BCUT2D eigenvalue weighted by Gasteiger charge is -2.26. The Morgan fingerprint density at radius 1 is 1.06 bits per heavy atom. The summed E-state index contributed by atoms with van der Waals surface area (Å²) in [6.07, 6.45) is 0.999. The summed E-state index contributed by atoms with van der Waals surface area (Å²) in [5.41, 5.74) is 2.09. The molecule has 0 saturated carbocycles. The van der Waals surface area contributed by atoms with Gasteiger partial charge in [-0.05, 0) is 36.2 Å². The summed E-state index contributed by atoms with van der Waals surface area (Å²) in [6, 6.07) is 14.1. The first-order chi connectivity index (χ1) is 15.1. The van der Waals surface area contributed by atoms with Crippen LogP contribution < -0.4 is 10.6 Å². The fourth-order valence-electron chi connectivity index (χ4n) is 3.19. The number of halogens is 1. The molecule has 8 nitrogen and oxygen atoms in total. The summed E-state index contributed by atoms with van der Waals surface area (Å²) < 4.78 is 5.39. The van der Waals surface area contributed by atoms with Crippen molar-refractivity contribution in [1.29, 1.82) is 0 Å². The Morgan fingerprint density at radius 3 is 2.42 bits per heavy atom. The number of nitro benzene ring substituents is 1. The van der Waals surface area contributed by atoms with Crippen LogP contribution in [0.2, 0.25) is 5.02 Å². The van der Waals surface area contributed by atoms with E-state index in [2.05, 4.69) is 20.5 Å². The Morgan fingerprint density at radius 2 is 1.74 bits per heavy atom. The smallest absolute Gasteiger partial charge is 0.269 e. The Kier molecular flexibility index (Phi) is 9.08. The van der Waals surface area contributed by atoms with Gasteiger partial charge in [-0.3, -0.25) is 15.0 Å². The number of aliphatic imine (C=N–C) groups is 1. The van der Waals surface area contributed by atoms with Crippen molar-refractivity contribution >= 4 is 23.2 Å². The van der Waals surface area contributed by atoms with Crippen LogP contribution in [0.5, 0.6) is 0 Å². The number of guanidine groups is 1. The van der Waals surface area contributed by atoms with Gasteiger partial charge in [0.15, 0.2) is 5.96 Å². The molecule has 0 bridgehead atoms. The Balaban J connectivity index is 1.53. The third kappa shape index (κ3) is 8.16. The highest BCUT2D eigenvalue weighted by Crippen LogP contribution is 2.12. The van der Waals surface area contributed by atoms with E-state index in [1.807, 2.05) is 24.3 Å². The zero-order valence-corrected chi connectivity index (χ0v) is 18.2. The van der Waals surface area contributed by atoms with Crippen LogP contribution in [0.15, 0.2) is 53.5 Å². The number of non-ortho nitro benzene ring substituents is 1. The van der Waals surface area contributed by atoms with Crippen molar-refractivity contribution in [1.82, 2.24) is 15.5 Å². The normalized spacial score (nSPS) is 14.9. The summed E-state index contributed by atoms with van der Waals surface area (Å²) in [7, 11) is 0. The molecule has 1 heterocycles. The van der Waals surface area contributed by atoms with E-state index in [1.54, 1.807) is 12.1 Å². The van der Waals surface area contributed by atoms with E-state index in [0.29, 0.717) is 24.1 Å². The van der Waals surface area contributed by atoms with Crippen molar-refractivity contribution in [2.24, 2.45) is 4.99 Å². The van der Waals surface area contributed by atoms with Gasteiger partial charge in [-0.25, -0.2) is 4.99 Å². The van der Waals surface area contributed by atoms with Crippen LogP contribution >= 0.6 is 11.6 Å². The molecule has 0 aliphatic carbocycles. The molecule has 0 unspecified atom stereocenters. The van der Waals surface area contributed by atoms with E-state index >= 15 is 0 Å². The van der Waals surface area contributed by atoms with Gasteiger partial charge >= 0.3 is 0 Å². The largest absolute Gasteiger partial charge is 0.379 e. The van der Waals surface area contributed by atoms with E-state index in [-0.39, 0.29) is 5.69 Å². The highest BCUT2D eigenvalue weighted by atomic mass is 35.5. The Hall–Kier alpha value is -2.68. The van der Waals surface area contributed by atoms with E-state index in [4.69, 9.17) is 16.3 Å². The van der Waals surface area contributed by atoms with E-state index in [9.17, 15) is 10.1 Å². The number of morpholine rings is 1. The number of ether oxygens (including phenoxy) is 1. The SMILES string of the molecule is O=[N+]([O-])c1ccc(CNC(=NCc2ccc(Cl)cc2)NCCCN2CCOCC2)cc1. The number of hydrogen-bond donors (Lipinski definition) is 2. The third-order valence-corrected chi connectivity index (χ3v) is 5.24. The second kappa shape index (κ2) is 12.2. The fraction of sp³-hybridized carbons (Fsp3) is 0.409. The molecule has 1 aliphatic rings. The van der Waals surface area contributed by atoms with Gasteiger partial charge in [0.1, 0.15) is 0 Å². The summed E-state index contributed by atoms with van der Waals surface area (Å²) in [4.78, 5) is 17.5. The van der Waals surface area contributed by atoms with Gasteiger partial charge in [0.25, 0.3) is 5.69 Å². The van der Waals surface area contributed by atoms with Crippen molar-refractivity contribution in [3.8, 4) is 0 Å². The molecule has 2 N–H and O–H groups in total. The number of hydrogen-bond acceptors (Lipinski definition) is 5. The standard InChI is InChI=1S/C22H28ClN5O3/c23-20-6-2-18(3-7-20)16-25-22(24-10-1-11-27-12-14-31-15-13-27)26-17-19-4-8-21(9-5-19)28(29)30/h2-9H,1,10-17H2,(H2,24,25,26). The highest BCUT2D eigenvalue weighted by Gasteiger charge is 2.09. The zero-order valence-electron chi connectivity index (χ0n) is 17.4. The summed E-state index contributed by atoms with van der Waals surface area (Å²) in [5, 5.41) is 18.2. The maximum atomic E-state index is 10.8. The molecule has 1 aliphatic heterocycles. The van der Waals surface area contributed by atoms with Gasteiger partial charge in [-0.2, -0.15) is 0 Å². The van der Waals surface area contributed by atoms with Gasteiger partial charge in [-0.1, -0.05) is 35.9 Å². The topological polar surface area (TPSA) is 92.0 Å². The minimum atomic E-state index is -0.397. The van der Waals surface area contributed by atoms with E-state index < -0.39 is 4.92 Å². The summed E-state index contributed by atoms with van der Waals surface area (Å²) >= 11 is 5.96. The van der Waals surface area contributed by atoms with Crippen molar-refractivity contribution in [2.45, 2.75) is 19.5 Å². The lowest BCUT2D eigenvalue weighted by Crippen LogP contribution is -2.40. The summed E-state index contributed by atoms with van der Waals surface area (Å²) in [6.45, 7) is 6.43. The van der Waals surface area contributed by atoms with E-state index in [1.165, 1.54) is 12.1 Å². The second-order valence-electron chi connectivity index (χ2n) is 7.30. The minimum Gasteiger partial charge on any atom is -0.379 e. The monoisotopic (exact) mass is 445 g/mol. The number of benzene rings is 2. The molecular formula is C22H28ClN5O3. The number of rotatable bonds is 9. The Labute approximate surface area is 187 Å². The highest BCUT2D eigenvalue weighted by molar-refractivity contribution is 6.30. The first-order valence-corrected chi connectivity index (χ1v) is 10.8. The minimum absolute atomic E-state index is 0.0848. The molecule has 31 heavy (non-hydrogen) atoms. The molecule has 0 amide bonds. The van der Waals surface area contributed by atoms with Crippen LogP contribution in [0.3, 0.4) is 0 Å². The van der Waals surface area contributed by atoms with Crippen molar-refractivity contribution in [3.63, 3.8) is 0 Å².